The Morgan fingerprint density at radius 2 is 1.84 bits per heavy atom. The number of amides is 1. The van der Waals surface area contributed by atoms with Gasteiger partial charge in [0.05, 0.1) is 12.1 Å². The number of carbonyl (C=O) groups is 3. The molecule has 0 spiro atoms. The SMILES string of the molecule is O=C(CC1Oc2ccccc2NC1=O)OCC(=O)c1ccc(F)cc1. The minimum Gasteiger partial charge on any atom is -0.478 e. The largest absolute Gasteiger partial charge is 0.478 e. The van der Waals surface area contributed by atoms with Crippen LogP contribution in [-0.2, 0) is 14.3 Å². The van der Waals surface area contributed by atoms with E-state index in [2.05, 4.69) is 5.32 Å². The highest BCUT2D eigenvalue weighted by Crippen LogP contribution is 2.29. The Morgan fingerprint density at radius 1 is 1.12 bits per heavy atom. The van der Waals surface area contributed by atoms with E-state index in [4.69, 9.17) is 9.47 Å². The maximum atomic E-state index is 12.8. The van der Waals surface area contributed by atoms with Gasteiger partial charge in [-0.15, -0.1) is 0 Å². The van der Waals surface area contributed by atoms with Gasteiger partial charge in [-0.3, -0.25) is 14.4 Å². The van der Waals surface area contributed by atoms with Gasteiger partial charge in [-0.05, 0) is 36.4 Å². The number of carbonyl (C=O) groups excluding carboxylic acids is 3. The lowest BCUT2D eigenvalue weighted by molar-refractivity contribution is -0.146. The number of hydrogen-bond acceptors (Lipinski definition) is 5. The second-order valence-corrected chi connectivity index (χ2v) is 5.39. The molecule has 0 fully saturated rings. The Hall–Kier alpha value is -3.22. The average molecular weight is 343 g/mol. The molecule has 25 heavy (non-hydrogen) atoms. The second kappa shape index (κ2) is 7.12. The van der Waals surface area contributed by atoms with E-state index in [1.54, 1.807) is 24.3 Å². The Labute approximate surface area is 142 Å². The molecule has 0 radical (unpaired) electrons. The van der Waals surface area contributed by atoms with Crippen molar-refractivity contribution in [3.05, 3.63) is 59.9 Å². The van der Waals surface area contributed by atoms with Crippen molar-refractivity contribution >= 4 is 23.3 Å². The average Bonchev–Trinajstić information content (AvgIpc) is 2.61. The zero-order valence-electron chi connectivity index (χ0n) is 13.0. The van der Waals surface area contributed by atoms with Gasteiger partial charge < -0.3 is 14.8 Å². The molecule has 0 saturated heterocycles. The van der Waals surface area contributed by atoms with Crippen LogP contribution >= 0.6 is 0 Å². The van der Waals surface area contributed by atoms with Crippen molar-refractivity contribution < 1.29 is 28.2 Å². The third-order valence-electron chi connectivity index (χ3n) is 3.59. The summed E-state index contributed by atoms with van der Waals surface area (Å²) in [7, 11) is 0. The summed E-state index contributed by atoms with van der Waals surface area (Å²) in [5.41, 5.74) is 0.762. The van der Waals surface area contributed by atoms with Crippen LogP contribution < -0.4 is 10.1 Å². The zero-order chi connectivity index (χ0) is 17.8. The third kappa shape index (κ3) is 4.00. The molecule has 1 aliphatic heterocycles. The van der Waals surface area contributed by atoms with Gasteiger partial charge in [0, 0.05) is 5.56 Å². The summed E-state index contributed by atoms with van der Waals surface area (Å²) < 4.78 is 23.2. The summed E-state index contributed by atoms with van der Waals surface area (Å²) in [4.78, 5) is 35.7. The fourth-order valence-corrected chi connectivity index (χ4v) is 2.30. The van der Waals surface area contributed by atoms with Crippen LogP contribution in [0.4, 0.5) is 10.1 Å². The van der Waals surface area contributed by atoms with Crippen molar-refractivity contribution in [2.75, 3.05) is 11.9 Å². The Morgan fingerprint density at radius 3 is 2.60 bits per heavy atom. The lowest BCUT2D eigenvalue weighted by atomic mass is 10.1. The van der Waals surface area contributed by atoms with Gasteiger partial charge in [-0.25, -0.2) is 4.39 Å². The highest BCUT2D eigenvalue weighted by Gasteiger charge is 2.30. The summed E-state index contributed by atoms with van der Waals surface area (Å²) in [6.45, 7) is -0.491. The van der Waals surface area contributed by atoms with Crippen LogP contribution in [0.25, 0.3) is 0 Å². The van der Waals surface area contributed by atoms with Crippen LogP contribution in [0, 0.1) is 5.82 Å². The Kier molecular flexibility index (Phi) is 4.74. The first-order valence-electron chi connectivity index (χ1n) is 7.54. The molecule has 3 rings (SSSR count). The first kappa shape index (κ1) is 16.6. The van der Waals surface area contributed by atoms with Gasteiger partial charge in [0.15, 0.2) is 18.5 Å². The highest BCUT2D eigenvalue weighted by molar-refractivity contribution is 6.00. The van der Waals surface area contributed by atoms with E-state index in [1.807, 2.05) is 0 Å². The molecule has 128 valence electrons. The van der Waals surface area contributed by atoms with Crippen LogP contribution in [0.5, 0.6) is 5.75 Å². The predicted octanol–water partition coefficient (Wildman–Crippen LogP) is 2.34. The van der Waals surface area contributed by atoms with E-state index in [1.165, 1.54) is 12.1 Å². The summed E-state index contributed by atoms with van der Waals surface area (Å²) >= 11 is 0. The maximum absolute atomic E-state index is 12.8. The molecular weight excluding hydrogens is 329 g/mol. The number of benzene rings is 2. The molecule has 1 heterocycles. The number of esters is 1. The highest BCUT2D eigenvalue weighted by atomic mass is 19.1. The summed E-state index contributed by atoms with van der Waals surface area (Å²) in [5, 5.41) is 2.64. The summed E-state index contributed by atoms with van der Waals surface area (Å²) in [6, 6.07) is 11.7. The van der Waals surface area contributed by atoms with Gasteiger partial charge in [-0.1, -0.05) is 12.1 Å². The molecule has 0 bridgehead atoms. The molecule has 0 saturated carbocycles. The number of para-hydroxylation sites is 2. The minimum atomic E-state index is -1.02. The third-order valence-corrected chi connectivity index (χ3v) is 3.59. The molecule has 1 atom stereocenters. The number of ether oxygens (including phenoxy) is 2. The number of hydrogen-bond donors (Lipinski definition) is 1. The monoisotopic (exact) mass is 343 g/mol. The predicted molar refractivity (Wildman–Crippen MR) is 85.8 cm³/mol. The molecule has 2 aromatic carbocycles. The standard InChI is InChI=1S/C18H14FNO5/c19-12-7-5-11(6-8-12)14(21)10-24-17(22)9-16-18(23)20-13-3-1-2-4-15(13)25-16/h1-8,16H,9-10H2,(H,20,23). The van der Waals surface area contributed by atoms with Crippen molar-refractivity contribution in [1.29, 1.82) is 0 Å². The van der Waals surface area contributed by atoms with Crippen LogP contribution in [-0.4, -0.2) is 30.4 Å². The quantitative estimate of drug-likeness (QED) is 0.666. The van der Waals surface area contributed by atoms with Crippen molar-refractivity contribution in [3.63, 3.8) is 0 Å². The van der Waals surface area contributed by atoms with Crippen LogP contribution in [0.2, 0.25) is 0 Å². The fourth-order valence-electron chi connectivity index (χ4n) is 2.30. The number of ketones is 1. The smallest absolute Gasteiger partial charge is 0.310 e. The number of rotatable bonds is 5. The molecule has 1 aliphatic rings. The molecule has 1 amide bonds. The van der Waals surface area contributed by atoms with Crippen LogP contribution in [0.1, 0.15) is 16.8 Å². The van der Waals surface area contributed by atoms with E-state index < -0.39 is 36.2 Å². The van der Waals surface area contributed by atoms with Gasteiger partial charge >= 0.3 is 5.97 Å². The molecule has 0 aromatic heterocycles. The number of anilines is 1. The molecular formula is C18H14FNO5. The lowest BCUT2D eigenvalue weighted by Gasteiger charge is -2.25. The Bertz CT molecular complexity index is 818. The van der Waals surface area contributed by atoms with E-state index >= 15 is 0 Å². The topological polar surface area (TPSA) is 81.7 Å². The first-order chi connectivity index (χ1) is 12.0. The minimum absolute atomic E-state index is 0.231. The molecule has 2 aromatic rings. The van der Waals surface area contributed by atoms with Crippen molar-refractivity contribution in [1.82, 2.24) is 0 Å². The number of fused-ring (bicyclic) bond motifs is 1. The maximum Gasteiger partial charge on any atom is 0.310 e. The zero-order valence-corrected chi connectivity index (χ0v) is 13.0. The van der Waals surface area contributed by atoms with Crippen molar-refractivity contribution in [3.8, 4) is 5.75 Å². The number of Topliss-reactive ketones (excluding diaryl/α,β-unsaturated/α-hetero) is 1. The molecule has 7 heteroatoms. The Balaban J connectivity index is 1.53. The fraction of sp³-hybridized carbons (Fsp3) is 0.167. The van der Waals surface area contributed by atoms with E-state index in [0.717, 1.165) is 12.1 Å². The van der Waals surface area contributed by atoms with E-state index in [0.29, 0.717) is 11.4 Å². The molecule has 1 N–H and O–H groups in total. The number of nitrogens with one attached hydrogen (secondary N) is 1. The number of halogens is 1. The van der Waals surface area contributed by atoms with Crippen LogP contribution in [0.15, 0.2) is 48.5 Å². The van der Waals surface area contributed by atoms with Gasteiger partial charge in [0.1, 0.15) is 11.6 Å². The van der Waals surface area contributed by atoms with E-state index in [9.17, 15) is 18.8 Å². The normalized spacial score (nSPS) is 15.6. The van der Waals surface area contributed by atoms with Gasteiger partial charge in [0.2, 0.25) is 0 Å². The molecule has 6 nitrogen and oxygen atoms in total. The van der Waals surface area contributed by atoms with Gasteiger partial charge in [-0.2, -0.15) is 0 Å². The summed E-state index contributed by atoms with van der Waals surface area (Å²) in [5.74, 6) is -1.67. The molecule has 1 unspecified atom stereocenters. The second-order valence-electron chi connectivity index (χ2n) is 5.39. The van der Waals surface area contributed by atoms with Crippen molar-refractivity contribution in [2.24, 2.45) is 0 Å². The first-order valence-corrected chi connectivity index (χ1v) is 7.54. The van der Waals surface area contributed by atoms with Crippen LogP contribution in [0.3, 0.4) is 0 Å². The van der Waals surface area contributed by atoms with E-state index in [-0.39, 0.29) is 12.0 Å². The lowest BCUT2D eigenvalue weighted by Crippen LogP contribution is -2.39. The van der Waals surface area contributed by atoms with Crippen molar-refractivity contribution in [2.45, 2.75) is 12.5 Å². The summed E-state index contributed by atoms with van der Waals surface area (Å²) in [6.07, 6.45) is -1.35. The van der Waals surface area contributed by atoms with Gasteiger partial charge in [0.25, 0.3) is 5.91 Å². The molecule has 0 aliphatic carbocycles.